The van der Waals surface area contributed by atoms with Crippen LogP contribution in [-0.4, -0.2) is 34.0 Å². The molecule has 0 aliphatic carbocycles. The Morgan fingerprint density at radius 2 is 2.11 bits per heavy atom. The first-order valence-corrected chi connectivity index (χ1v) is 8.57. The number of amides is 1. The Balaban J connectivity index is 1.69. The Bertz CT molecular complexity index is 950. The zero-order chi connectivity index (χ0) is 19.1. The lowest BCUT2D eigenvalue weighted by Crippen LogP contribution is -2.17. The molecule has 138 valence electrons. The van der Waals surface area contributed by atoms with Crippen LogP contribution in [0.5, 0.6) is 11.5 Å². The second-order valence-corrected chi connectivity index (χ2v) is 5.81. The highest BCUT2D eigenvalue weighted by Crippen LogP contribution is 2.28. The van der Waals surface area contributed by atoms with E-state index in [4.69, 9.17) is 4.74 Å². The topological polar surface area (TPSA) is 99.6 Å². The third-order valence-corrected chi connectivity index (χ3v) is 3.70. The van der Waals surface area contributed by atoms with Gasteiger partial charge in [0.15, 0.2) is 0 Å². The SMILES string of the molecule is CCCOc1ccccc1-c1cc(C(=O)N/N=C\c2cccc(O)c2)[nH]n1. The molecular weight excluding hydrogens is 344 g/mol. The number of carbonyl (C=O) groups excluding carboxylic acids is 1. The fraction of sp³-hybridized carbons (Fsp3) is 0.150. The Hall–Kier alpha value is -3.61. The summed E-state index contributed by atoms with van der Waals surface area (Å²) in [6.07, 6.45) is 2.35. The third-order valence-electron chi connectivity index (χ3n) is 3.70. The van der Waals surface area contributed by atoms with Crippen LogP contribution in [0.25, 0.3) is 11.3 Å². The van der Waals surface area contributed by atoms with Gasteiger partial charge in [-0.3, -0.25) is 9.89 Å². The van der Waals surface area contributed by atoms with Gasteiger partial charge in [-0.1, -0.05) is 31.2 Å². The summed E-state index contributed by atoms with van der Waals surface area (Å²) in [5.74, 6) is 0.435. The number of nitrogens with one attached hydrogen (secondary N) is 2. The molecule has 0 spiro atoms. The van der Waals surface area contributed by atoms with Crippen molar-refractivity contribution < 1.29 is 14.6 Å². The van der Waals surface area contributed by atoms with Crippen LogP contribution in [-0.2, 0) is 0 Å². The minimum atomic E-state index is -0.419. The minimum Gasteiger partial charge on any atom is -0.508 e. The van der Waals surface area contributed by atoms with Gasteiger partial charge >= 0.3 is 0 Å². The fourth-order valence-corrected chi connectivity index (χ4v) is 2.42. The summed E-state index contributed by atoms with van der Waals surface area (Å²) in [6.45, 7) is 2.65. The maximum atomic E-state index is 12.2. The van der Waals surface area contributed by atoms with E-state index in [0.717, 1.165) is 17.7 Å². The molecule has 3 rings (SSSR count). The number of aromatic nitrogens is 2. The number of aromatic amines is 1. The van der Waals surface area contributed by atoms with Crippen molar-refractivity contribution in [3.05, 3.63) is 65.9 Å². The average molecular weight is 364 g/mol. The first kappa shape index (κ1) is 18.2. The molecular formula is C20H20N4O3. The van der Waals surface area contributed by atoms with Gasteiger partial charge in [0.1, 0.15) is 17.2 Å². The smallest absolute Gasteiger partial charge is 0.289 e. The van der Waals surface area contributed by atoms with Gasteiger partial charge in [-0.15, -0.1) is 0 Å². The van der Waals surface area contributed by atoms with Crippen molar-refractivity contribution in [1.29, 1.82) is 0 Å². The van der Waals surface area contributed by atoms with Crippen LogP contribution >= 0.6 is 0 Å². The van der Waals surface area contributed by atoms with Crippen molar-refractivity contribution in [2.24, 2.45) is 5.10 Å². The van der Waals surface area contributed by atoms with Gasteiger partial charge in [-0.25, -0.2) is 5.43 Å². The van der Waals surface area contributed by atoms with Crippen LogP contribution < -0.4 is 10.2 Å². The van der Waals surface area contributed by atoms with Gasteiger partial charge in [0.05, 0.1) is 18.5 Å². The van der Waals surface area contributed by atoms with Crippen LogP contribution in [0.4, 0.5) is 0 Å². The number of hydrogen-bond donors (Lipinski definition) is 3. The number of benzene rings is 2. The summed E-state index contributed by atoms with van der Waals surface area (Å²) in [6, 6.07) is 15.7. The van der Waals surface area contributed by atoms with E-state index in [1.165, 1.54) is 12.3 Å². The molecule has 0 fully saturated rings. The van der Waals surface area contributed by atoms with Gasteiger partial charge in [-0.05, 0) is 42.3 Å². The highest BCUT2D eigenvalue weighted by Gasteiger charge is 2.13. The van der Waals surface area contributed by atoms with E-state index in [9.17, 15) is 9.90 Å². The molecule has 0 bridgehead atoms. The molecule has 2 aromatic carbocycles. The standard InChI is InChI=1S/C20H20N4O3/c1-2-10-27-19-9-4-3-8-16(19)17-12-18(23-22-17)20(26)24-21-13-14-6-5-7-15(25)11-14/h3-9,11-13,25H,2,10H2,1H3,(H,22,23)(H,24,26)/b21-13-. The average Bonchev–Trinajstić information content (AvgIpc) is 3.17. The van der Waals surface area contributed by atoms with Gasteiger partial charge in [0.25, 0.3) is 5.91 Å². The van der Waals surface area contributed by atoms with Crippen molar-refractivity contribution >= 4 is 12.1 Å². The Morgan fingerprint density at radius 1 is 1.26 bits per heavy atom. The van der Waals surface area contributed by atoms with E-state index in [0.29, 0.717) is 17.9 Å². The number of hydrogen-bond acceptors (Lipinski definition) is 5. The number of rotatable bonds is 7. The van der Waals surface area contributed by atoms with Crippen LogP contribution in [0.3, 0.4) is 0 Å². The molecule has 1 amide bonds. The summed E-state index contributed by atoms with van der Waals surface area (Å²) in [4.78, 5) is 12.2. The van der Waals surface area contributed by atoms with Crippen LogP contribution in [0.15, 0.2) is 59.7 Å². The number of carbonyl (C=O) groups is 1. The summed E-state index contributed by atoms with van der Waals surface area (Å²) in [7, 11) is 0. The quantitative estimate of drug-likeness (QED) is 0.442. The monoisotopic (exact) mass is 364 g/mol. The van der Waals surface area contributed by atoms with Gasteiger partial charge < -0.3 is 9.84 Å². The lowest BCUT2D eigenvalue weighted by molar-refractivity contribution is 0.0950. The van der Waals surface area contributed by atoms with Crippen LogP contribution in [0.1, 0.15) is 29.4 Å². The second-order valence-electron chi connectivity index (χ2n) is 5.81. The normalized spacial score (nSPS) is 10.9. The molecule has 0 saturated heterocycles. The van der Waals surface area contributed by atoms with Crippen LogP contribution in [0.2, 0.25) is 0 Å². The van der Waals surface area contributed by atoms with E-state index in [2.05, 4.69) is 20.7 Å². The largest absolute Gasteiger partial charge is 0.508 e. The molecule has 3 aromatic rings. The molecule has 0 unspecified atom stereocenters. The first-order chi connectivity index (χ1) is 13.2. The van der Waals surface area contributed by atoms with Crippen molar-refractivity contribution in [1.82, 2.24) is 15.6 Å². The number of aromatic hydroxyl groups is 1. The lowest BCUT2D eigenvalue weighted by Gasteiger charge is -2.08. The van der Waals surface area contributed by atoms with E-state index >= 15 is 0 Å². The highest BCUT2D eigenvalue weighted by atomic mass is 16.5. The molecule has 1 aromatic heterocycles. The fourth-order valence-electron chi connectivity index (χ4n) is 2.42. The summed E-state index contributed by atoms with van der Waals surface area (Å²) >= 11 is 0. The molecule has 0 aliphatic heterocycles. The predicted molar refractivity (Wildman–Crippen MR) is 103 cm³/mol. The molecule has 0 atom stereocenters. The van der Waals surface area contributed by atoms with E-state index in [-0.39, 0.29) is 11.4 Å². The van der Waals surface area contributed by atoms with Crippen LogP contribution in [0, 0.1) is 0 Å². The zero-order valence-electron chi connectivity index (χ0n) is 14.8. The van der Waals surface area contributed by atoms with E-state index in [1.54, 1.807) is 24.3 Å². The number of nitrogens with zero attached hydrogens (tertiary/aromatic N) is 2. The molecule has 3 N–H and O–H groups in total. The highest BCUT2D eigenvalue weighted by molar-refractivity contribution is 5.94. The van der Waals surface area contributed by atoms with Gasteiger partial charge in [0.2, 0.25) is 0 Å². The summed E-state index contributed by atoms with van der Waals surface area (Å²) in [5, 5.41) is 20.2. The Morgan fingerprint density at radius 3 is 2.93 bits per heavy atom. The number of phenolic OH excluding ortho intramolecular Hbond substituents is 1. The molecule has 1 heterocycles. The maximum absolute atomic E-state index is 12.2. The molecule has 27 heavy (non-hydrogen) atoms. The zero-order valence-corrected chi connectivity index (χ0v) is 14.8. The third kappa shape index (κ3) is 4.72. The summed E-state index contributed by atoms with van der Waals surface area (Å²) in [5.41, 5.74) is 4.80. The van der Waals surface area contributed by atoms with E-state index < -0.39 is 5.91 Å². The second kappa shape index (κ2) is 8.66. The molecule has 7 heteroatoms. The summed E-state index contributed by atoms with van der Waals surface area (Å²) < 4.78 is 5.74. The van der Waals surface area contributed by atoms with Crippen molar-refractivity contribution in [2.45, 2.75) is 13.3 Å². The van der Waals surface area contributed by atoms with Gasteiger partial charge in [-0.2, -0.15) is 10.2 Å². The van der Waals surface area contributed by atoms with Crippen molar-refractivity contribution in [2.75, 3.05) is 6.61 Å². The predicted octanol–water partition coefficient (Wildman–Crippen LogP) is 3.34. The molecule has 0 saturated carbocycles. The number of phenols is 1. The Kier molecular flexibility index (Phi) is 5.84. The number of para-hydroxylation sites is 1. The molecule has 0 radical (unpaired) electrons. The minimum absolute atomic E-state index is 0.132. The number of ether oxygens (including phenoxy) is 1. The first-order valence-electron chi connectivity index (χ1n) is 8.57. The van der Waals surface area contributed by atoms with Crippen molar-refractivity contribution in [3.63, 3.8) is 0 Å². The van der Waals surface area contributed by atoms with Crippen molar-refractivity contribution in [3.8, 4) is 22.8 Å². The molecule has 0 aliphatic rings. The number of H-pyrrole nitrogens is 1. The maximum Gasteiger partial charge on any atom is 0.289 e. The molecule has 7 nitrogen and oxygen atoms in total. The van der Waals surface area contributed by atoms with Gasteiger partial charge in [0, 0.05) is 5.56 Å². The number of hydrazone groups is 1. The lowest BCUT2D eigenvalue weighted by atomic mass is 10.1. The Labute approximate surface area is 156 Å². The van der Waals surface area contributed by atoms with E-state index in [1.807, 2.05) is 31.2 Å².